The zero-order chi connectivity index (χ0) is 24.7. The maximum atomic E-state index is 14.3. The van der Waals surface area contributed by atoms with Crippen LogP contribution in [0.2, 0.25) is 0 Å². The third-order valence-electron chi connectivity index (χ3n) is 4.39. The van der Waals surface area contributed by atoms with Crippen LogP contribution < -0.4 is 25.7 Å². The third kappa shape index (κ3) is 7.07. The molecule has 0 bridgehead atoms. The molecule has 178 valence electrons. The molecule has 3 rings (SSSR count). The number of fused-ring (bicyclic) bond motifs is 1. The first kappa shape index (κ1) is 29.1. The van der Waals surface area contributed by atoms with E-state index in [1.165, 1.54) is 13.1 Å². The summed E-state index contributed by atoms with van der Waals surface area (Å²) in [7, 11) is 6.21. The summed E-state index contributed by atoms with van der Waals surface area (Å²) in [5, 5.41) is 1.77. The highest BCUT2D eigenvalue weighted by Crippen LogP contribution is 2.35. The Kier molecular flexibility index (Phi) is 14.4. The second-order valence-corrected chi connectivity index (χ2v) is 5.82. The van der Waals surface area contributed by atoms with Gasteiger partial charge in [0.05, 0.1) is 27.0 Å². The minimum absolute atomic E-state index is 0.302. The summed E-state index contributed by atoms with van der Waals surface area (Å²) in [6.45, 7) is 8.34. The molecule has 0 aliphatic carbocycles. The third-order valence-corrected chi connectivity index (χ3v) is 4.39. The Bertz CT molecular complexity index is 949. The van der Waals surface area contributed by atoms with Gasteiger partial charge in [-0.1, -0.05) is 27.7 Å². The van der Waals surface area contributed by atoms with Gasteiger partial charge in [0.1, 0.15) is 11.6 Å². The summed E-state index contributed by atoms with van der Waals surface area (Å²) in [5.41, 5.74) is 12.5. The molecular formula is C25H38FN3O3. The maximum Gasteiger partial charge on any atom is 0.161 e. The molecular weight excluding hydrogens is 409 g/mol. The lowest BCUT2D eigenvalue weighted by Gasteiger charge is -2.14. The summed E-state index contributed by atoms with van der Waals surface area (Å²) in [6.07, 6.45) is 2.04. The number of hydrogen-bond acceptors (Lipinski definition) is 6. The molecule has 3 aromatic rings. The number of hydrogen-bond donors (Lipinski definition) is 2. The predicted octanol–water partition coefficient (Wildman–Crippen LogP) is 5.08. The lowest BCUT2D eigenvalue weighted by atomic mass is 9.99. The van der Waals surface area contributed by atoms with Crippen molar-refractivity contribution in [3.8, 4) is 17.2 Å². The number of ether oxygens (including phenoxy) is 3. The molecule has 0 unspecified atom stereocenters. The van der Waals surface area contributed by atoms with Crippen molar-refractivity contribution >= 4 is 10.8 Å². The van der Waals surface area contributed by atoms with Crippen LogP contribution in [0.5, 0.6) is 17.2 Å². The molecule has 1 heterocycles. The van der Waals surface area contributed by atoms with E-state index in [4.69, 9.17) is 19.9 Å². The summed E-state index contributed by atoms with van der Waals surface area (Å²) in [6, 6.07) is 8.40. The van der Waals surface area contributed by atoms with E-state index in [-0.39, 0.29) is 5.82 Å². The molecule has 0 aliphatic rings. The number of halogens is 1. The second-order valence-electron chi connectivity index (χ2n) is 5.82. The Morgan fingerprint density at radius 2 is 1.38 bits per heavy atom. The van der Waals surface area contributed by atoms with E-state index in [2.05, 4.69) is 10.7 Å². The summed E-state index contributed by atoms with van der Waals surface area (Å²) in [5.74, 6) is 1.50. The lowest BCUT2D eigenvalue weighted by molar-refractivity contribution is 0.356. The van der Waals surface area contributed by atoms with Gasteiger partial charge in [0, 0.05) is 24.5 Å². The van der Waals surface area contributed by atoms with Crippen LogP contribution in [0.3, 0.4) is 0 Å². The Morgan fingerprint density at radius 3 is 1.88 bits per heavy atom. The van der Waals surface area contributed by atoms with E-state index >= 15 is 0 Å². The molecule has 4 N–H and O–H groups in total. The van der Waals surface area contributed by atoms with Gasteiger partial charge in [0.2, 0.25) is 0 Å². The number of aromatic nitrogens is 1. The van der Waals surface area contributed by atoms with E-state index in [1.54, 1.807) is 39.7 Å². The van der Waals surface area contributed by atoms with Crippen LogP contribution in [0, 0.1) is 5.82 Å². The first-order valence-electron chi connectivity index (χ1n) is 10.7. The fourth-order valence-corrected chi connectivity index (χ4v) is 2.98. The minimum Gasteiger partial charge on any atom is -0.497 e. The fraction of sp³-hybridized carbons (Fsp3) is 0.400. The molecule has 0 spiro atoms. The highest BCUT2D eigenvalue weighted by Gasteiger charge is 2.15. The van der Waals surface area contributed by atoms with Crippen LogP contribution >= 0.6 is 0 Å². The highest BCUT2D eigenvalue weighted by molar-refractivity contribution is 5.90. The first-order valence-corrected chi connectivity index (χ1v) is 10.7. The van der Waals surface area contributed by atoms with Crippen LogP contribution in [0.25, 0.3) is 10.8 Å². The summed E-state index contributed by atoms with van der Waals surface area (Å²) in [4.78, 5) is 4.52. The zero-order valence-electron chi connectivity index (χ0n) is 20.6. The van der Waals surface area contributed by atoms with E-state index in [9.17, 15) is 4.39 Å². The van der Waals surface area contributed by atoms with Crippen molar-refractivity contribution in [3.05, 3.63) is 59.2 Å². The van der Waals surface area contributed by atoms with Gasteiger partial charge in [-0.2, -0.15) is 0 Å². The van der Waals surface area contributed by atoms with Crippen molar-refractivity contribution in [2.75, 3.05) is 28.4 Å². The van der Waals surface area contributed by atoms with Gasteiger partial charge in [-0.3, -0.25) is 4.98 Å². The number of benzene rings is 2. The van der Waals surface area contributed by atoms with Crippen molar-refractivity contribution in [1.29, 1.82) is 0 Å². The molecule has 32 heavy (non-hydrogen) atoms. The second kappa shape index (κ2) is 15.8. The monoisotopic (exact) mass is 447 g/mol. The summed E-state index contributed by atoms with van der Waals surface area (Å²) >= 11 is 0. The van der Waals surface area contributed by atoms with Gasteiger partial charge in [-0.15, -0.1) is 0 Å². The molecule has 0 fully saturated rings. The van der Waals surface area contributed by atoms with E-state index in [1.807, 2.05) is 39.8 Å². The topological polar surface area (TPSA) is 92.6 Å². The zero-order valence-corrected chi connectivity index (χ0v) is 20.6. The Labute approximate surface area is 191 Å². The van der Waals surface area contributed by atoms with Gasteiger partial charge in [0.25, 0.3) is 0 Å². The smallest absolute Gasteiger partial charge is 0.161 e. The molecule has 1 aromatic heterocycles. The highest BCUT2D eigenvalue weighted by atomic mass is 19.1. The average Bonchev–Trinajstić information content (AvgIpc) is 2.88. The number of rotatable bonds is 6. The van der Waals surface area contributed by atoms with Gasteiger partial charge in [-0.25, -0.2) is 4.39 Å². The Morgan fingerprint density at radius 1 is 0.812 bits per heavy atom. The van der Waals surface area contributed by atoms with Crippen molar-refractivity contribution in [3.63, 3.8) is 0 Å². The van der Waals surface area contributed by atoms with Crippen molar-refractivity contribution < 1.29 is 18.6 Å². The molecule has 0 atom stereocenters. The molecule has 7 heteroatoms. The van der Waals surface area contributed by atoms with Crippen LogP contribution in [0.4, 0.5) is 4.39 Å². The summed E-state index contributed by atoms with van der Waals surface area (Å²) < 4.78 is 30.2. The van der Waals surface area contributed by atoms with Crippen LogP contribution in [0.15, 0.2) is 36.5 Å². The molecule has 0 amide bonds. The number of methoxy groups -OCH3 is 3. The van der Waals surface area contributed by atoms with Crippen molar-refractivity contribution in [2.24, 2.45) is 11.5 Å². The molecule has 2 aromatic carbocycles. The molecule has 0 radical (unpaired) electrons. The number of nitrogens with two attached hydrogens (primary N) is 2. The molecule has 0 saturated heterocycles. The fourth-order valence-electron chi connectivity index (χ4n) is 2.98. The van der Waals surface area contributed by atoms with E-state index in [0.29, 0.717) is 35.8 Å². The number of nitrogens with zero attached hydrogens (tertiary/aromatic N) is 1. The van der Waals surface area contributed by atoms with Crippen molar-refractivity contribution in [1.82, 2.24) is 4.98 Å². The van der Waals surface area contributed by atoms with Crippen LogP contribution in [0.1, 0.15) is 44.5 Å². The normalized spacial score (nSPS) is 9.34. The van der Waals surface area contributed by atoms with Gasteiger partial charge >= 0.3 is 0 Å². The first-order chi connectivity index (χ1) is 15.6. The minimum atomic E-state index is -0.302. The predicted molar refractivity (Wildman–Crippen MR) is 131 cm³/mol. The SMILES string of the molecule is CC.CC.CN.COc1ccc(F)c(Cc2ncc(CN)c3cc(OC)c(OC)cc23)c1. The Hall–Kier alpha value is -2.90. The van der Waals surface area contributed by atoms with E-state index < -0.39 is 0 Å². The molecule has 0 saturated carbocycles. The van der Waals surface area contributed by atoms with E-state index in [0.717, 1.165) is 22.0 Å². The molecule has 0 aliphatic heterocycles. The van der Waals surface area contributed by atoms with Gasteiger partial charge in [-0.05, 0) is 53.9 Å². The van der Waals surface area contributed by atoms with Gasteiger partial charge in [0.15, 0.2) is 11.5 Å². The van der Waals surface area contributed by atoms with Crippen LogP contribution in [-0.2, 0) is 13.0 Å². The average molecular weight is 448 g/mol. The number of pyridine rings is 1. The van der Waals surface area contributed by atoms with Crippen molar-refractivity contribution in [2.45, 2.75) is 40.7 Å². The standard InChI is InChI=1S/C20H21FN2O3.2C2H6.CH5N/c1-24-14-4-5-17(21)12(6-14)7-18-16-9-20(26-3)19(25-2)8-15(16)13(10-22)11-23-18;3*1-2/h4-6,8-9,11H,7,10,22H2,1-3H3;2*1-2H3;2H2,1H3. The van der Waals surface area contributed by atoms with Crippen LogP contribution in [-0.4, -0.2) is 33.4 Å². The Balaban J connectivity index is 0.00000148. The quantitative estimate of drug-likeness (QED) is 0.548. The molecule has 6 nitrogen and oxygen atoms in total. The van der Waals surface area contributed by atoms with Gasteiger partial charge < -0.3 is 25.7 Å². The lowest BCUT2D eigenvalue weighted by Crippen LogP contribution is -2.04. The largest absolute Gasteiger partial charge is 0.497 e. The maximum absolute atomic E-state index is 14.3.